The summed E-state index contributed by atoms with van der Waals surface area (Å²) in [6.07, 6.45) is 0. The summed E-state index contributed by atoms with van der Waals surface area (Å²) in [4.78, 5) is 19.5. The van der Waals surface area contributed by atoms with E-state index < -0.39 is 0 Å². The average Bonchev–Trinajstić information content (AvgIpc) is 3.00. The molecule has 2 N–H and O–H groups in total. The molecule has 1 unspecified atom stereocenters. The van der Waals surface area contributed by atoms with E-state index in [0.29, 0.717) is 28.6 Å². The second kappa shape index (κ2) is 7.63. The Morgan fingerprint density at radius 1 is 1.33 bits per heavy atom. The maximum absolute atomic E-state index is 12.6. The summed E-state index contributed by atoms with van der Waals surface area (Å²) < 4.78 is 10.6. The SMILES string of the molecule is COc1ccc(-c2nc(C)c(C(=O)N(C)C(C)CN)s2)cc1OC. The van der Waals surface area contributed by atoms with Crippen molar-refractivity contribution < 1.29 is 14.3 Å². The van der Waals surface area contributed by atoms with Gasteiger partial charge in [-0.3, -0.25) is 4.79 Å². The van der Waals surface area contributed by atoms with Gasteiger partial charge in [0.2, 0.25) is 0 Å². The summed E-state index contributed by atoms with van der Waals surface area (Å²) in [6, 6.07) is 5.57. The molecule has 24 heavy (non-hydrogen) atoms. The van der Waals surface area contributed by atoms with Gasteiger partial charge >= 0.3 is 0 Å². The zero-order valence-electron chi connectivity index (χ0n) is 14.6. The third-order valence-corrected chi connectivity index (χ3v) is 5.14. The van der Waals surface area contributed by atoms with Crippen molar-refractivity contribution >= 4 is 17.2 Å². The minimum atomic E-state index is -0.0605. The van der Waals surface area contributed by atoms with Crippen LogP contribution < -0.4 is 15.2 Å². The minimum Gasteiger partial charge on any atom is -0.493 e. The van der Waals surface area contributed by atoms with Gasteiger partial charge in [-0.2, -0.15) is 0 Å². The van der Waals surface area contributed by atoms with E-state index in [-0.39, 0.29) is 11.9 Å². The van der Waals surface area contributed by atoms with E-state index in [1.165, 1.54) is 11.3 Å². The minimum absolute atomic E-state index is 0.0245. The molecule has 0 fully saturated rings. The lowest BCUT2D eigenvalue weighted by atomic mass is 10.2. The number of rotatable bonds is 6. The van der Waals surface area contributed by atoms with Crippen LogP contribution in [0, 0.1) is 6.92 Å². The zero-order valence-corrected chi connectivity index (χ0v) is 15.4. The molecule has 1 amide bonds. The number of carbonyl (C=O) groups is 1. The van der Waals surface area contributed by atoms with E-state index in [1.54, 1.807) is 26.2 Å². The molecular weight excluding hydrogens is 326 g/mol. The molecule has 7 heteroatoms. The first kappa shape index (κ1) is 18.2. The van der Waals surface area contributed by atoms with E-state index >= 15 is 0 Å². The predicted octanol–water partition coefficient (Wildman–Crippen LogP) is 2.55. The van der Waals surface area contributed by atoms with E-state index in [9.17, 15) is 4.79 Å². The van der Waals surface area contributed by atoms with Crippen molar-refractivity contribution in [3.63, 3.8) is 0 Å². The lowest BCUT2D eigenvalue weighted by molar-refractivity contribution is 0.0752. The van der Waals surface area contributed by atoms with Crippen LogP contribution in [0.15, 0.2) is 18.2 Å². The summed E-state index contributed by atoms with van der Waals surface area (Å²) in [5, 5.41) is 0.769. The fraction of sp³-hybridized carbons (Fsp3) is 0.412. The van der Waals surface area contributed by atoms with Gasteiger partial charge in [-0.1, -0.05) is 0 Å². The summed E-state index contributed by atoms with van der Waals surface area (Å²) in [6.45, 7) is 4.18. The van der Waals surface area contributed by atoms with Gasteiger partial charge in [-0.15, -0.1) is 11.3 Å². The number of hydrogen-bond acceptors (Lipinski definition) is 6. The number of methoxy groups -OCH3 is 2. The van der Waals surface area contributed by atoms with Gasteiger partial charge in [0.1, 0.15) is 9.88 Å². The summed E-state index contributed by atoms with van der Waals surface area (Å²) in [5.41, 5.74) is 7.25. The Hall–Kier alpha value is -2.12. The normalized spacial score (nSPS) is 11.9. The zero-order chi connectivity index (χ0) is 17.9. The maximum Gasteiger partial charge on any atom is 0.265 e. The van der Waals surface area contributed by atoms with Gasteiger partial charge < -0.3 is 20.1 Å². The monoisotopic (exact) mass is 349 g/mol. The number of nitrogens with two attached hydrogens (primary N) is 1. The van der Waals surface area contributed by atoms with Crippen LogP contribution in [-0.2, 0) is 0 Å². The first-order chi connectivity index (χ1) is 11.4. The van der Waals surface area contributed by atoms with Crippen molar-refractivity contribution in [2.75, 3.05) is 27.8 Å². The number of aromatic nitrogens is 1. The number of nitrogens with zero attached hydrogens (tertiary/aromatic N) is 2. The number of aryl methyl sites for hydroxylation is 1. The molecule has 1 heterocycles. The van der Waals surface area contributed by atoms with Gasteiger partial charge in [0.05, 0.1) is 19.9 Å². The largest absolute Gasteiger partial charge is 0.493 e. The van der Waals surface area contributed by atoms with Crippen LogP contribution in [0.4, 0.5) is 0 Å². The fourth-order valence-corrected chi connectivity index (χ4v) is 3.25. The number of ether oxygens (including phenoxy) is 2. The van der Waals surface area contributed by atoms with Crippen molar-refractivity contribution in [3.8, 4) is 22.1 Å². The third-order valence-electron chi connectivity index (χ3n) is 3.94. The smallest absolute Gasteiger partial charge is 0.265 e. The van der Waals surface area contributed by atoms with Gasteiger partial charge in [-0.25, -0.2) is 4.98 Å². The lowest BCUT2D eigenvalue weighted by Gasteiger charge is -2.23. The Morgan fingerprint density at radius 2 is 2.00 bits per heavy atom. The molecule has 1 aromatic heterocycles. The average molecular weight is 349 g/mol. The topological polar surface area (TPSA) is 77.7 Å². The van der Waals surface area contributed by atoms with Crippen molar-refractivity contribution in [2.45, 2.75) is 19.9 Å². The summed E-state index contributed by atoms with van der Waals surface area (Å²) in [7, 11) is 4.94. The third kappa shape index (κ3) is 3.52. The molecule has 1 atom stereocenters. The number of amides is 1. The van der Waals surface area contributed by atoms with Crippen molar-refractivity contribution in [3.05, 3.63) is 28.8 Å². The van der Waals surface area contributed by atoms with Crippen LogP contribution in [-0.4, -0.2) is 49.6 Å². The van der Waals surface area contributed by atoms with Crippen molar-refractivity contribution in [1.29, 1.82) is 0 Å². The number of carbonyl (C=O) groups excluding carboxylic acids is 1. The van der Waals surface area contributed by atoms with Crippen molar-refractivity contribution in [1.82, 2.24) is 9.88 Å². The van der Waals surface area contributed by atoms with E-state index in [2.05, 4.69) is 4.98 Å². The lowest BCUT2D eigenvalue weighted by Crippen LogP contribution is -2.39. The molecule has 0 aliphatic carbocycles. The maximum atomic E-state index is 12.6. The van der Waals surface area contributed by atoms with Gasteiger partial charge in [0.25, 0.3) is 5.91 Å². The van der Waals surface area contributed by atoms with Crippen LogP contribution in [0.3, 0.4) is 0 Å². The number of likely N-dealkylation sites (N-methyl/N-ethyl adjacent to an activating group) is 1. The van der Waals surface area contributed by atoms with E-state index in [4.69, 9.17) is 15.2 Å². The molecular formula is C17H23N3O3S. The highest BCUT2D eigenvalue weighted by Gasteiger charge is 2.22. The Bertz CT molecular complexity index is 730. The molecule has 0 aliphatic rings. The molecule has 0 bridgehead atoms. The van der Waals surface area contributed by atoms with Gasteiger partial charge in [-0.05, 0) is 32.0 Å². The standard InChI is InChI=1S/C17H23N3O3S/c1-10(9-18)20(3)17(21)15-11(2)19-16(24-15)12-6-7-13(22-4)14(8-12)23-5/h6-8,10H,9,18H2,1-5H3. The van der Waals surface area contributed by atoms with Crippen LogP contribution in [0.25, 0.3) is 10.6 Å². The Labute approximate surface area is 146 Å². The molecule has 1 aromatic carbocycles. The molecule has 6 nitrogen and oxygen atoms in total. The second-order valence-electron chi connectivity index (χ2n) is 5.50. The first-order valence-corrected chi connectivity index (χ1v) is 8.41. The molecule has 0 aliphatic heterocycles. The van der Waals surface area contributed by atoms with Gasteiger partial charge in [0.15, 0.2) is 11.5 Å². The highest BCUT2D eigenvalue weighted by Crippen LogP contribution is 2.35. The Balaban J connectivity index is 2.37. The van der Waals surface area contributed by atoms with E-state index in [0.717, 1.165) is 10.6 Å². The van der Waals surface area contributed by atoms with Crippen LogP contribution in [0.1, 0.15) is 22.3 Å². The number of thiazole rings is 1. The highest BCUT2D eigenvalue weighted by molar-refractivity contribution is 7.17. The van der Waals surface area contributed by atoms with Crippen LogP contribution >= 0.6 is 11.3 Å². The van der Waals surface area contributed by atoms with Crippen molar-refractivity contribution in [2.24, 2.45) is 5.73 Å². The molecule has 2 aromatic rings. The molecule has 0 saturated heterocycles. The number of hydrogen-bond donors (Lipinski definition) is 1. The summed E-state index contributed by atoms with van der Waals surface area (Å²) >= 11 is 1.37. The first-order valence-electron chi connectivity index (χ1n) is 7.60. The molecule has 0 saturated carbocycles. The predicted molar refractivity (Wildman–Crippen MR) is 96.0 cm³/mol. The Morgan fingerprint density at radius 3 is 2.58 bits per heavy atom. The van der Waals surface area contributed by atoms with Crippen LogP contribution in [0.5, 0.6) is 11.5 Å². The fourth-order valence-electron chi connectivity index (χ4n) is 2.21. The molecule has 2 rings (SSSR count). The molecule has 0 spiro atoms. The van der Waals surface area contributed by atoms with E-state index in [1.807, 2.05) is 32.0 Å². The second-order valence-corrected chi connectivity index (χ2v) is 6.50. The van der Waals surface area contributed by atoms with Crippen LogP contribution in [0.2, 0.25) is 0 Å². The molecule has 130 valence electrons. The quantitative estimate of drug-likeness (QED) is 0.867. The Kier molecular flexibility index (Phi) is 5.80. The highest BCUT2D eigenvalue weighted by atomic mass is 32.1. The summed E-state index contributed by atoms with van der Waals surface area (Å²) in [5.74, 6) is 1.22. The van der Waals surface area contributed by atoms with Gasteiger partial charge in [0, 0.05) is 25.2 Å². The molecule has 0 radical (unpaired) electrons. The number of benzene rings is 1.